The predicted octanol–water partition coefficient (Wildman–Crippen LogP) is 13.3. The summed E-state index contributed by atoms with van der Waals surface area (Å²) in [5.74, 6) is 3.13. The van der Waals surface area contributed by atoms with Crippen molar-refractivity contribution in [1.82, 2.24) is 14.5 Å². The van der Waals surface area contributed by atoms with Crippen molar-refractivity contribution in [1.29, 1.82) is 0 Å². The molecule has 4 heterocycles. The van der Waals surface area contributed by atoms with Crippen LogP contribution in [-0.4, -0.2) is 14.5 Å². The summed E-state index contributed by atoms with van der Waals surface area (Å²) in [6.07, 6.45) is 0. The third-order valence-corrected chi connectivity index (χ3v) is 12.3. The van der Waals surface area contributed by atoms with Crippen LogP contribution in [0, 0.1) is 0 Å². The number of aromatic nitrogens is 3. The van der Waals surface area contributed by atoms with Gasteiger partial charge in [0.15, 0.2) is 5.82 Å². The molecule has 5 heteroatoms. The van der Waals surface area contributed by atoms with Gasteiger partial charge >= 0.3 is 0 Å². The molecule has 0 bridgehead atoms. The highest BCUT2D eigenvalue weighted by Crippen LogP contribution is 2.62. The molecule has 2 aliphatic rings. The van der Waals surface area contributed by atoms with Crippen molar-refractivity contribution in [3.63, 3.8) is 0 Å². The average molecular weight is 742 g/mol. The zero-order valence-corrected chi connectivity index (χ0v) is 31.1. The lowest BCUT2D eigenvalue weighted by Crippen LogP contribution is -2.32. The largest absolute Gasteiger partial charge is 0.457 e. The van der Waals surface area contributed by atoms with Gasteiger partial charge in [0.05, 0.1) is 22.1 Å². The minimum Gasteiger partial charge on any atom is -0.457 e. The van der Waals surface area contributed by atoms with Crippen LogP contribution in [0.4, 0.5) is 0 Å². The molecule has 0 atom stereocenters. The fourth-order valence-corrected chi connectivity index (χ4v) is 9.95. The van der Waals surface area contributed by atoms with Crippen LogP contribution in [0.15, 0.2) is 192 Å². The van der Waals surface area contributed by atoms with Crippen LogP contribution < -0.4 is 4.74 Å². The van der Waals surface area contributed by atoms with Crippen molar-refractivity contribution >= 4 is 43.7 Å². The molecule has 11 aromatic rings. The number of nitrogens with zero attached hydrogens (tertiary/aromatic N) is 3. The molecule has 8 aromatic carbocycles. The second-order valence-corrected chi connectivity index (χ2v) is 15.2. The van der Waals surface area contributed by atoms with Gasteiger partial charge in [0, 0.05) is 49.9 Å². The minimum atomic E-state index is -0.600. The summed E-state index contributed by atoms with van der Waals surface area (Å²) in [6.45, 7) is 0. The molecule has 270 valence electrons. The first-order chi connectivity index (χ1) is 28.8. The smallest absolute Gasteiger partial charge is 0.162 e. The number of benzene rings is 8. The minimum absolute atomic E-state index is 0.600. The number of ether oxygens (including phenoxy) is 1. The summed E-state index contributed by atoms with van der Waals surface area (Å²) in [4.78, 5) is 10.8. The molecule has 0 saturated heterocycles. The molecule has 0 N–H and O–H groups in total. The van der Waals surface area contributed by atoms with Crippen LogP contribution >= 0.6 is 0 Å². The van der Waals surface area contributed by atoms with Gasteiger partial charge in [-0.25, -0.2) is 9.97 Å². The van der Waals surface area contributed by atoms with E-state index >= 15 is 0 Å². The van der Waals surface area contributed by atoms with E-state index < -0.39 is 5.41 Å². The normalized spacial score (nSPS) is 13.4. The van der Waals surface area contributed by atoms with Gasteiger partial charge < -0.3 is 9.15 Å². The van der Waals surface area contributed by atoms with Gasteiger partial charge in [0.1, 0.15) is 28.5 Å². The Morgan fingerprint density at radius 2 is 1.09 bits per heavy atom. The number of rotatable bonds is 3. The maximum absolute atomic E-state index is 6.94. The lowest BCUT2D eigenvalue weighted by atomic mass is 9.66. The van der Waals surface area contributed by atoms with E-state index in [0.29, 0.717) is 5.82 Å². The van der Waals surface area contributed by atoms with Crippen LogP contribution in [0.2, 0.25) is 0 Å². The Labute approximate surface area is 333 Å². The second kappa shape index (κ2) is 11.6. The maximum atomic E-state index is 6.94. The van der Waals surface area contributed by atoms with Gasteiger partial charge in [-0.15, -0.1) is 0 Å². The van der Waals surface area contributed by atoms with Crippen LogP contribution in [0.1, 0.15) is 22.3 Å². The van der Waals surface area contributed by atoms with E-state index in [-0.39, 0.29) is 0 Å². The molecule has 0 saturated carbocycles. The highest BCUT2D eigenvalue weighted by Gasteiger charge is 2.51. The Kier molecular flexibility index (Phi) is 6.31. The lowest BCUT2D eigenvalue weighted by Gasteiger charge is -2.39. The molecule has 0 fully saturated rings. The van der Waals surface area contributed by atoms with Crippen molar-refractivity contribution < 1.29 is 9.15 Å². The fourth-order valence-electron chi connectivity index (χ4n) is 9.95. The van der Waals surface area contributed by atoms with Gasteiger partial charge in [0.25, 0.3) is 0 Å². The standard InChI is InChI=1S/C53H31N3O2/c1-2-15-32(16-3-1)43-31-50(55-52(54-43)37-21-14-28-48-51(37)36-20-7-12-26-46(36)57-48)56-44-25-11-6-19-35(44)38-29-49-42(30-45(38)56)53(41-24-10-13-27-47(41)58-49)39-22-8-4-17-33(39)34-18-5-9-23-40(34)53/h1-31H. The quantitative estimate of drug-likeness (QED) is 0.181. The van der Waals surface area contributed by atoms with Crippen molar-refractivity contribution in [2.75, 3.05) is 0 Å². The number of furan rings is 1. The molecule has 3 aromatic heterocycles. The zero-order chi connectivity index (χ0) is 38.0. The van der Waals surface area contributed by atoms with Gasteiger partial charge in [0.2, 0.25) is 0 Å². The van der Waals surface area contributed by atoms with Gasteiger partial charge in [-0.1, -0.05) is 146 Å². The summed E-state index contributed by atoms with van der Waals surface area (Å²) < 4.78 is 15.6. The van der Waals surface area contributed by atoms with Gasteiger partial charge in [-0.2, -0.15) is 0 Å². The van der Waals surface area contributed by atoms with Crippen LogP contribution in [0.25, 0.3) is 83.3 Å². The second-order valence-electron chi connectivity index (χ2n) is 15.2. The molecular weight excluding hydrogens is 711 g/mol. The van der Waals surface area contributed by atoms with E-state index in [1.165, 1.54) is 22.3 Å². The fraction of sp³-hybridized carbons (Fsp3) is 0.0189. The summed E-state index contributed by atoms with van der Waals surface area (Å²) in [5.41, 5.74) is 13.1. The van der Waals surface area contributed by atoms with Crippen LogP contribution in [0.5, 0.6) is 11.5 Å². The molecular formula is C53H31N3O2. The van der Waals surface area contributed by atoms with E-state index in [9.17, 15) is 0 Å². The Balaban J connectivity index is 1.15. The number of para-hydroxylation sites is 3. The third kappa shape index (κ3) is 4.14. The topological polar surface area (TPSA) is 53.1 Å². The summed E-state index contributed by atoms with van der Waals surface area (Å²) in [7, 11) is 0. The van der Waals surface area contributed by atoms with Crippen LogP contribution in [0.3, 0.4) is 0 Å². The van der Waals surface area contributed by atoms with Gasteiger partial charge in [-0.05, 0) is 58.7 Å². The van der Waals surface area contributed by atoms with E-state index in [4.69, 9.17) is 19.1 Å². The van der Waals surface area contributed by atoms with Gasteiger partial charge in [-0.3, -0.25) is 4.57 Å². The van der Waals surface area contributed by atoms with Crippen LogP contribution in [-0.2, 0) is 5.41 Å². The molecule has 0 radical (unpaired) electrons. The van der Waals surface area contributed by atoms with Crippen molar-refractivity contribution in [3.05, 3.63) is 210 Å². The molecule has 13 rings (SSSR count). The highest BCUT2D eigenvalue weighted by molar-refractivity contribution is 6.12. The first-order valence-corrected chi connectivity index (χ1v) is 19.7. The molecule has 0 amide bonds. The monoisotopic (exact) mass is 741 g/mol. The van der Waals surface area contributed by atoms with Crippen molar-refractivity contribution in [2.45, 2.75) is 5.41 Å². The van der Waals surface area contributed by atoms with E-state index in [2.05, 4.69) is 162 Å². The van der Waals surface area contributed by atoms with Crippen molar-refractivity contribution in [3.8, 4) is 51.1 Å². The summed E-state index contributed by atoms with van der Waals surface area (Å²) >= 11 is 0. The lowest BCUT2D eigenvalue weighted by molar-refractivity contribution is 0.437. The molecule has 0 unspecified atom stereocenters. The van der Waals surface area contributed by atoms with E-state index in [0.717, 1.165) is 89.0 Å². The first-order valence-electron chi connectivity index (χ1n) is 19.7. The number of hydrogen-bond donors (Lipinski definition) is 0. The van der Waals surface area contributed by atoms with Crippen molar-refractivity contribution in [2.24, 2.45) is 0 Å². The third-order valence-electron chi connectivity index (χ3n) is 12.3. The Hall–Kier alpha value is -7.76. The first kappa shape index (κ1) is 31.4. The zero-order valence-electron chi connectivity index (χ0n) is 31.1. The number of fused-ring (bicyclic) bond motifs is 15. The summed E-state index contributed by atoms with van der Waals surface area (Å²) in [5, 5.41) is 4.25. The molecule has 58 heavy (non-hydrogen) atoms. The molecule has 5 nitrogen and oxygen atoms in total. The molecule has 1 aliphatic carbocycles. The highest BCUT2D eigenvalue weighted by atomic mass is 16.5. The SMILES string of the molecule is c1ccc(-c2cc(-n3c4ccccc4c4cc5c(cc43)C3(c4ccccc4O5)c4ccccc4-c4ccccc43)nc(-c3cccc4oc5ccccc5c34)n2)cc1. The Bertz CT molecular complexity index is 3460. The maximum Gasteiger partial charge on any atom is 0.162 e. The predicted molar refractivity (Wildman–Crippen MR) is 232 cm³/mol. The Morgan fingerprint density at radius 1 is 0.431 bits per heavy atom. The average Bonchev–Trinajstić information content (AvgIpc) is 3.93. The molecule has 1 spiro atoms. The Morgan fingerprint density at radius 3 is 1.91 bits per heavy atom. The van der Waals surface area contributed by atoms with E-state index in [1.807, 2.05) is 30.3 Å². The van der Waals surface area contributed by atoms with E-state index in [1.54, 1.807) is 0 Å². The molecule has 1 aliphatic heterocycles. The summed E-state index contributed by atoms with van der Waals surface area (Å²) in [6, 6.07) is 66.3. The number of hydrogen-bond acceptors (Lipinski definition) is 4.